The van der Waals surface area contributed by atoms with Crippen LogP contribution in [-0.4, -0.2) is 45.0 Å². The maximum absolute atomic E-state index is 12.2. The van der Waals surface area contributed by atoms with Gasteiger partial charge in [0.15, 0.2) is 0 Å². The Morgan fingerprint density at radius 3 is 2.67 bits per heavy atom. The normalized spacial score (nSPS) is 11.8. The van der Waals surface area contributed by atoms with E-state index in [1.54, 1.807) is 6.92 Å². The van der Waals surface area contributed by atoms with Gasteiger partial charge in [0.2, 0.25) is 5.69 Å². The number of carbonyl (C=O) groups is 2. The number of amides is 1. The molecule has 1 aromatic rings. The Bertz CT molecular complexity index is 571. The van der Waals surface area contributed by atoms with E-state index < -0.39 is 28.5 Å². The molecule has 1 N–H and O–H groups in total. The molecule has 1 aromatic heterocycles. The molecule has 10 heteroatoms. The fourth-order valence-electron chi connectivity index (χ4n) is 1.77. The Labute approximate surface area is 126 Å². The summed E-state index contributed by atoms with van der Waals surface area (Å²) >= 11 is 3.96. The Kier molecular flexibility index (Phi) is 5.70. The molecule has 0 bridgehead atoms. The highest BCUT2D eigenvalue weighted by Gasteiger charge is 2.31. The molecule has 116 valence electrons. The molecule has 0 aliphatic heterocycles. The smallest absolute Gasteiger partial charge is 0.329 e. The first-order valence-electron chi connectivity index (χ1n) is 6.09. The lowest BCUT2D eigenvalue weighted by Gasteiger charge is -2.14. The molecular formula is C11H16N4O5S. The van der Waals surface area contributed by atoms with Gasteiger partial charge in [-0.1, -0.05) is 0 Å². The number of thiol groups is 1. The van der Waals surface area contributed by atoms with Crippen LogP contribution in [-0.2, 0) is 16.6 Å². The van der Waals surface area contributed by atoms with Crippen LogP contribution in [0.5, 0.6) is 0 Å². The van der Waals surface area contributed by atoms with Gasteiger partial charge in [-0.25, -0.2) is 4.79 Å². The third kappa shape index (κ3) is 3.72. The van der Waals surface area contributed by atoms with Crippen LogP contribution in [0.2, 0.25) is 0 Å². The van der Waals surface area contributed by atoms with E-state index in [1.165, 1.54) is 14.0 Å². The van der Waals surface area contributed by atoms with Crippen molar-refractivity contribution in [2.45, 2.75) is 19.9 Å². The summed E-state index contributed by atoms with van der Waals surface area (Å²) in [5, 5.41) is 17.2. The van der Waals surface area contributed by atoms with E-state index in [9.17, 15) is 19.7 Å². The average molecular weight is 316 g/mol. The zero-order valence-electron chi connectivity index (χ0n) is 11.8. The van der Waals surface area contributed by atoms with E-state index in [4.69, 9.17) is 4.74 Å². The van der Waals surface area contributed by atoms with Gasteiger partial charge in [-0.3, -0.25) is 19.6 Å². The first-order valence-corrected chi connectivity index (χ1v) is 6.73. The highest BCUT2D eigenvalue weighted by Crippen LogP contribution is 2.22. The monoisotopic (exact) mass is 316 g/mol. The van der Waals surface area contributed by atoms with E-state index >= 15 is 0 Å². The molecule has 1 heterocycles. The lowest BCUT2D eigenvalue weighted by atomic mass is 10.2. The first kappa shape index (κ1) is 17.0. The SMILES string of the molecule is CCOC(=O)[C@H](CS)NC(=O)c1c([N+](=O)[O-])c(C)nn1C. The molecule has 1 rings (SSSR count). The van der Waals surface area contributed by atoms with Crippen LogP contribution in [0.1, 0.15) is 23.1 Å². The lowest BCUT2D eigenvalue weighted by Crippen LogP contribution is -2.44. The van der Waals surface area contributed by atoms with Crippen molar-refractivity contribution in [2.75, 3.05) is 12.4 Å². The number of esters is 1. The number of ether oxygens (including phenoxy) is 1. The van der Waals surface area contributed by atoms with Gasteiger partial charge in [-0.15, -0.1) is 0 Å². The van der Waals surface area contributed by atoms with E-state index in [0.29, 0.717) is 0 Å². The predicted octanol–water partition coefficient (Wildman–Crippen LogP) is 0.228. The molecule has 9 nitrogen and oxygen atoms in total. The number of rotatable bonds is 6. The fraction of sp³-hybridized carbons (Fsp3) is 0.545. The van der Waals surface area contributed by atoms with Crippen molar-refractivity contribution < 1.29 is 19.2 Å². The molecule has 0 aliphatic carbocycles. The second-order valence-electron chi connectivity index (χ2n) is 4.12. The molecule has 1 amide bonds. The van der Waals surface area contributed by atoms with Crippen molar-refractivity contribution in [3.8, 4) is 0 Å². The molecule has 0 aliphatic rings. The van der Waals surface area contributed by atoms with Gasteiger partial charge in [-0.05, 0) is 13.8 Å². The summed E-state index contributed by atoms with van der Waals surface area (Å²) in [5.41, 5.74) is -0.503. The molecule has 21 heavy (non-hydrogen) atoms. The third-order valence-electron chi connectivity index (χ3n) is 2.65. The van der Waals surface area contributed by atoms with Crippen LogP contribution < -0.4 is 5.32 Å². The zero-order chi connectivity index (χ0) is 16.2. The Morgan fingerprint density at radius 1 is 1.57 bits per heavy atom. The van der Waals surface area contributed by atoms with E-state index in [-0.39, 0.29) is 23.7 Å². The van der Waals surface area contributed by atoms with Crippen molar-refractivity contribution in [2.24, 2.45) is 7.05 Å². The van der Waals surface area contributed by atoms with Crippen LogP contribution >= 0.6 is 12.6 Å². The Hall–Kier alpha value is -2.10. The fourth-order valence-corrected chi connectivity index (χ4v) is 2.01. The van der Waals surface area contributed by atoms with Gasteiger partial charge in [0.1, 0.15) is 11.7 Å². The topological polar surface area (TPSA) is 116 Å². The summed E-state index contributed by atoms with van der Waals surface area (Å²) in [5.74, 6) is -1.42. The standard InChI is InChI=1S/C11H16N4O5S/c1-4-20-11(17)7(5-21)12-10(16)9-8(15(18)19)6(2)13-14(9)3/h7,21H,4-5H2,1-3H3,(H,12,16)/t7-/m0/s1. The molecule has 1 atom stereocenters. The summed E-state index contributed by atoms with van der Waals surface area (Å²) in [4.78, 5) is 34.1. The summed E-state index contributed by atoms with van der Waals surface area (Å²) < 4.78 is 5.89. The third-order valence-corrected chi connectivity index (χ3v) is 3.01. The predicted molar refractivity (Wildman–Crippen MR) is 76.3 cm³/mol. The largest absolute Gasteiger partial charge is 0.464 e. The minimum absolute atomic E-state index is 0.00913. The Balaban J connectivity index is 3.04. The summed E-state index contributed by atoms with van der Waals surface area (Å²) in [6.07, 6.45) is 0. The Morgan fingerprint density at radius 2 is 2.19 bits per heavy atom. The highest BCUT2D eigenvalue weighted by molar-refractivity contribution is 7.80. The van der Waals surface area contributed by atoms with E-state index in [1.807, 2.05) is 0 Å². The number of nitrogens with zero attached hydrogens (tertiary/aromatic N) is 3. The van der Waals surface area contributed by atoms with Gasteiger partial charge in [-0.2, -0.15) is 17.7 Å². The molecule has 0 fully saturated rings. The summed E-state index contributed by atoms with van der Waals surface area (Å²) in [6, 6.07) is -0.990. The molecule has 0 radical (unpaired) electrons. The minimum atomic E-state index is -0.990. The number of nitrogens with one attached hydrogen (secondary N) is 1. The van der Waals surface area contributed by atoms with E-state index in [2.05, 4.69) is 23.0 Å². The molecule has 0 spiro atoms. The second kappa shape index (κ2) is 7.07. The maximum Gasteiger partial charge on any atom is 0.329 e. The van der Waals surface area contributed by atoms with Crippen LogP contribution in [0, 0.1) is 17.0 Å². The first-order chi connectivity index (χ1) is 9.83. The van der Waals surface area contributed by atoms with Crippen LogP contribution in [0.15, 0.2) is 0 Å². The molecule has 0 aromatic carbocycles. The number of aromatic nitrogens is 2. The number of aryl methyl sites for hydroxylation is 2. The van der Waals surface area contributed by atoms with Gasteiger partial charge in [0.05, 0.1) is 11.5 Å². The molecule has 0 unspecified atom stereocenters. The number of hydrogen-bond donors (Lipinski definition) is 2. The minimum Gasteiger partial charge on any atom is -0.464 e. The van der Waals surface area contributed by atoms with Gasteiger partial charge in [0.25, 0.3) is 5.91 Å². The van der Waals surface area contributed by atoms with Crippen LogP contribution in [0.25, 0.3) is 0 Å². The van der Waals surface area contributed by atoms with Gasteiger partial charge >= 0.3 is 11.7 Å². The summed E-state index contributed by atoms with van der Waals surface area (Å²) in [6.45, 7) is 3.21. The van der Waals surface area contributed by atoms with Crippen molar-refractivity contribution >= 4 is 30.2 Å². The maximum atomic E-state index is 12.2. The van der Waals surface area contributed by atoms with Crippen LogP contribution in [0.4, 0.5) is 5.69 Å². The second-order valence-corrected chi connectivity index (χ2v) is 4.49. The van der Waals surface area contributed by atoms with Crippen molar-refractivity contribution in [1.82, 2.24) is 15.1 Å². The van der Waals surface area contributed by atoms with Crippen molar-refractivity contribution in [1.29, 1.82) is 0 Å². The van der Waals surface area contributed by atoms with Gasteiger partial charge < -0.3 is 10.1 Å². The molecular weight excluding hydrogens is 300 g/mol. The van der Waals surface area contributed by atoms with Gasteiger partial charge in [0, 0.05) is 12.8 Å². The average Bonchev–Trinajstić information content (AvgIpc) is 2.70. The lowest BCUT2D eigenvalue weighted by molar-refractivity contribution is -0.385. The number of nitro groups is 1. The summed E-state index contributed by atoms with van der Waals surface area (Å²) in [7, 11) is 1.41. The zero-order valence-corrected chi connectivity index (χ0v) is 12.7. The number of carbonyl (C=O) groups excluding carboxylic acids is 2. The molecule has 0 saturated heterocycles. The molecule has 0 saturated carbocycles. The number of hydrogen-bond acceptors (Lipinski definition) is 7. The van der Waals surface area contributed by atoms with Crippen molar-refractivity contribution in [3.05, 3.63) is 21.5 Å². The van der Waals surface area contributed by atoms with E-state index in [0.717, 1.165) is 4.68 Å². The van der Waals surface area contributed by atoms with Crippen LogP contribution in [0.3, 0.4) is 0 Å². The highest BCUT2D eigenvalue weighted by atomic mass is 32.1. The quantitative estimate of drug-likeness (QED) is 0.336. The van der Waals surface area contributed by atoms with Crippen molar-refractivity contribution in [3.63, 3.8) is 0 Å².